The number of carbonyl (C=O) groups excluding carboxylic acids is 2. The topological polar surface area (TPSA) is 109 Å². The van der Waals surface area contributed by atoms with Gasteiger partial charge in [-0.05, 0) is 80.0 Å². The van der Waals surface area contributed by atoms with Crippen LogP contribution in [0.15, 0.2) is 65.6 Å². The van der Waals surface area contributed by atoms with Gasteiger partial charge >= 0.3 is 6.09 Å². The van der Waals surface area contributed by atoms with E-state index in [1.54, 1.807) is 6.07 Å². The van der Waals surface area contributed by atoms with Crippen LogP contribution in [0.1, 0.15) is 36.0 Å². The van der Waals surface area contributed by atoms with Gasteiger partial charge in [0.1, 0.15) is 17.7 Å². The third-order valence-corrected chi connectivity index (χ3v) is 11.1. The lowest BCUT2D eigenvalue weighted by molar-refractivity contribution is -0.132. The molecular formula is C34H38ClFN4O7S. The molecule has 0 N–H and O–H groups in total. The van der Waals surface area contributed by atoms with Crippen molar-refractivity contribution in [2.75, 3.05) is 52.3 Å². The smallest absolute Gasteiger partial charge is 0.410 e. The highest BCUT2D eigenvalue weighted by Gasteiger charge is 2.64. The van der Waals surface area contributed by atoms with Gasteiger partial charge in [-0.1, -0.05) is 23.7 Å². The molecule has 3 unspecified atom stereocenters. The zero-order chi connectivity index (χ0) is 34.4. The Morgan fingerprint density at radius 3 is 2.35 bits per heavy atom. The third-order valence-electron chi connectivity index (χ3n) is 9.15. The molecule has 0 radical (unpaired) electrons. The molecule has 0 aromatic heterocycles. The molecule has 3 aromatic carbocycles. The van der Waals surface area contributed by atoms with Crippen LogP contribution < -0.4 is 13.8 Å². The molecule has 0 saturated carbocycles. The molecule has 14 heteroatoms. The van der Waals surface area contributed by atoms with Crippen LogP contribution >= 0.6 is 11.6 Å². The van der Waals surface area contributed by atoms with Crippen molar-refractivity contribution in [2.24, 2.45) is 0 Å². The van der Waals surface area contributed by atoms with E-state index in [4.69, 9.17) is 25.8 Å². The number of hydrogen-bond donors (Lipinski definition) is 0. The van der Waals surface area contributed by atoms with E-state index in [9.17, 15) is 13.2 Å². The maximum atomic E-state index is 15.6. The third kappa shape index (κ3) is 5.76. The van der Waals surface area contributed by atoms with Crippen molar-refractivity contribution >= 4 is 39.3 Å². The number of carbonyl (C=O) groups is 2. The fraction of sp³-hybridized carbons (Fsp3) is 0.412. The molecule has 3 atom stereocenters. The van der Waals surface area contributed by atoms with E-state index in [2.05, 4.69) is 4.90 Å². The summed E-state index contributed by atoms with van der Waals surface area (Å²) in [6.45, 7) is 2.22. The molecule has 3 aliphatic heterocycles. The quantitative estimate of drug-likeness (QED) is 0.305. The zero-order valence-corrected chi connectivity index (χ0v) is 28.8. The minimum Gasteiger partial charge on any atom is -0.497 e. The number of sulfonamides is 1. The van der Waals surface area contributed by atoms with E-state index >= 15 is 9.18 Å². The molecule has 3 aromatic rings. The molecule has 0 aliphatic carbocycles. The Morgan fingerprint density at radius 1 is 1.00 bits per heavy atom. The first-order valence-electron chi connectivity index (χ1n) is 15.6. The molecule has 0 spiro atoms. The highest BCUT2D eigenvalue weighted by Crippen LogP contribution is 2.55. The Morgan fingerprint density at radius 2 is 1.71 bits per heavy atom. The summed E-state index contributed by atoms with van der Waals surface area (Å²) < 4.78 is 62.1. The maximum absolute atomic E-state index is 15.6. The van der Waals surface area contributed by atoms with E-state index in [-0.39, 0.29) is 45.4 Å². The Hall–Kier alpha value is -3.91. The van der Waals surface area contributed by atoms with Crippen LogP contribution in [0.4, 0.5) is 14.9 Å². The lowest BCUT2D eigenvalue weighted by Crippen LogP contribution is -2.57. The van der Waals surface area contributed by atoms with Crippen LogP contribution in [0.3, 0.4) is 0 Å². The molecular weight excluding hydrogens is 663 g/mol. The number of nitrogens with zero attached hydrogens (tertiary/aromatic N) is 4. The van der Waals surface area contributed by atoms with E-state index in [1.807, 2.05) is 12.1 Å². The molecule has 6 rings (SSSR count). The predicted octanol–water partition coefficient (Wildman–Crippen LogP) is 5.00. The molecule has 3 aliphatic rings. The first-order chi connectivity index (χ1) is 22.9. The number of anilines is 1. The number of hydrogen-bond acceptors (Lipinski definition) is 9. The van der Waals surface area contributed by atoms with E-state index in [0.717, 1.165) is 35.8 Å². The zero-order valence-electron chi connectivity index (χ0n) is 27.2. The number of ether oxygens (including phenoxy) is 3. The van der Waals surface area contributed by atoms with Crippen molar-refractivity contribution in [1.82, 2.24) is 14.7 Å². The van der Waals surface area contributed by atoms with Gasteiger partial charge in [-0.25, -0.2) is 26.8 Å². The van der Waals surface area contributed by atoms with Crippen LogP contribution in [0.25, 0.3) is 0 Å². The number of halogens is 2. The molecule has 2 fully saturated rings. The molecule has 2 saturated heterocycles. The Kier molecular flexibility index (Phi) is 9.33. The average Bonchev–Trinajstić information content (AvgIpc) is 3.77. The van der Waals surface area contributed by atoms with Gasteiger partial charge in [-0.15, -0.1) is 0 Å². The number of benzene rings is 3. The summed E-state index contributed by atoms with van der Waals surface area (Å²) in [5.74, 6) is -0.200. The first kappa shape index (κ1) is 34.0. The molecule has 3 heterocycles. The van der Waals surface area contributed by atoms with Gasteiger partial charge < -0.3 is 19.1 Å². The van der Waals surface area contributed by atoms with Crippen LogP contribution in [-0.4, -0.2) is 95.5 Å². The van der Waals surface area contributed by atoms with E-state index in [1.165, 1.54) is 80.6 Å². The van der Waals surface area contributed by atoms with Gasteiger partial charge in [-0.2, -0.15) is 0 Å². The van der Waals surface area contributed by atoms with E-state index in [0.29, 0.717) is 12.3 Å². The van der Waals surface area contributed by atoms with Crippen molar-refractivity contribution in [2.45, 2.75) is 48.6 Å². The minimum absolute atomic E-state index is 0.0309. The van der Waals surface area contributed by atoms with Gasteiger partial charge in [0, 0.05) is 49.8 Å². The second-order valence-corrected chi connectivity index (χ2v) is 14.6. The van der Waals surface area contributed by atoms with Crippen LogP contribution in [0.5, 0.6) is 11.5 Å². The summed E-state index contributed by atoms with van der Waals surface area (Å²) in [6, 6.07) is 15.5. The molecule has 48 heavy (non-hydrogen) atoms. The highest BCUT2D eigenvalue weighted by atomic mass is 35.5. The van der Waals surface area contributed by atoms with Crippen LogP contribution in [-0.2, 0) is 31.6 Å². The number of likely N-dealkylation sites (tertiary alicyclic amines) is 2. The van der Waals surface area contributed by atoms with Gasteiger partial charge in [-0.3, -0.25) is 9.69 Å². The highest BCUT2D eigenvalue weighted by molar-refractivity contribution is 7.93. The molecule has 2 amide bonds. The monoisotopic (exact) mass is 700 g/mol. The minimum atomic E-state index is -4.56. The second-order valence-electron chi connectivity index (χ2n) is 12.4. The number of rotatable bonds is 9. The summed E-state index contributed by atoms with van der Waals surface area (Å²) in [5, 5.41) is 0.220. The molecule has 11 nitrogen and oxygen atoms in total. The summed E-state index contributed by atoms with van der Waals surface area (Å²) in [5.41, 5.74) is -0.634. The first-order valence-corrected chi connectivity index (χ1v) is 17.5. The normalized spacial score (nSPS) is 23.0. The Bertz CT molecular complexity index is 1820. The van der Waals surface area contributed by atoms with Gasteiger partial charge in [0.05, 0.1) is 24.8 Å². The number of alkyl halides is 1. The standard InChI is InChI=1S/C34H38ClFN4O7S/c1-37(2)33(42)47-31-19-24(36)21-39(31)34(27-13-7-22(17-30(27)46-4)20-38-15-5-6-16-38)28-18-23(35)8-14-29(28)40(32(34)41)48(43,44)26-11-9-25(45-3)10-12-26/h7-14,17-18,24,31H,5-6,15-16,19-21H2,1-4H3. The maximum Gasteiger partial charge on any atom is 0.410 e. The average molecular weight is 701 g/mol. The van der Waals surface area contributed by atoms with Crippen LogP contribution in [0.2, 0.25) is 5.02 Å². The fourth-order valence-corrected chi connectivity index (χ4v) is 8.53. The van der Waals surface area contributed by atoms with Crippen molar-refractivity contribution in [3.05, 3.63) is 82.4 Å². The summed E-state index contributed by atoms with van der Waals surface area (Å²) in [4.78, 5) is 33.0. The Labute approximate surface area is 284 Å². The largest absolute Gasteiger partial charge is 0.497 e. The fourth-order valence-electron chi connectivity index (χ4n) is 6.90. The Balaban J connectivity index is 1.60. The lowest BCUT2D eigenvalue weighted by Gasteiger charge is -2.41. The van der Waals surface area contributed by atoms with Crippen molar-refractivity contribution < 1.29 is 36.6 Å². The van der Waals surface area contributed by atoms with Crippen molar-refractivity contribution in [1.29, 1.82) is 0 Å². The second kappa shape index (κ2) is 13.2. The van der Waals surface area contributed by atoms with Gasteiger partial charge in [0.25, 0.3) is 15.9 Å². The van der Waals surface area contributed by atoms with Gasteiger partial charge in [0.15, 0.2) is 11.8 Å². The molecule has 0 bridgehead atoms. The summed E-state index contributed by atoms with van der Waals surface area (Å²) in [6.07, 6.45) is -1.54. The van der Waals surface area contributed by atoms with E-state index < -0.39 is 40.0 Å². The van der Waals surface area contributed by atoms with Crippen molar-refractivity contribution in [3.8, 4) is 11.5 Å². The SMILES string of the molecule is COc1ccc(S(=O)(=O)N2C(=O)C(c3ccc(CN4CCCC4)cc3OC)(N3CC(F)CC3OC(=O)N(C)C)c3cc(Cl)ccc32)cc1. The molecule has 256 valence electrons. The number of fused-ring (bicyclic) bond motifs is 1. The lowest BCUT2D eigenvalue weighted by atomic mass is 9.81. The predicted molar refractivity (Wildman–Crippen MR) is 178 cm³/mol. The van der Waals surface area contributed by atoms with Crippen LogP contribution in [0, 0.1) is 0 Å². The number of amides is 2. The summed E-state index contributed by atoms with van der Waals surface area (Å²) in [7, 11) is 1.34. The van der Waals surface area contributed by atoms with Crippen molar-refractivity contribution in [3.63, 3.8) is 0 Å². The van der Waals surface area contributed by atoms with Gasteiger partial charge in [0.2, 0.25) is 0 Å². The number of methoxy groups -OCH3 is 2. The summed E-state index contributed by atoms with van der Waals surface area (Å²) >= 11 is 6.58.